The van der Waals surface area contributed by atoms with E-state index in [1.54, 1.807) is 0 Å². The van der Waals surface area contributed by atoms with Gasteiger partial charge in [-0.3, -0.25) is 4.90 Å². The van der Waals surface area contributed by atoms with Gasteiger partial charge in [0.05, 0.1) is 16.3 Å². The SMILES string of the molecule is Cc1oc(-c2ccccc2Cl)nc1CN1C[C@@H]2CCC[C@H]1C2. The van der Waals surface area contributed by atoms with Gasteiger partial charge in [-0.25, -0.2) is 4.98 Å². The molecule has 22 heavy (non-hydrogen) atoms. The van der Waals surface area contributed by atoms with Crippen LogP contribution in [0.4, 0.5) is 0 Å². The van der Waals surface area contributed by atoms with Crippen LogP contribution in [0.1, 0.15) is 37.1 Å². The fraction of sp³-hybridized carbons (Fsp3) is 0.500. The van der Waals surface area contributed by atoms with E-state index in [0.717, 1.165) is 35.5 Å². The number of nitrogens with zero attached hydrogens (tertiary/aromatic N) is 2. The summed E-state index contributed by atoms with van der Waals surface area (Å²) in [4.78, 5) is 7.32. The molecule has 0 spiro atoms. The Morgan fingerprint density at radius 1 is 1.32 bits per heavy atom. The highest BCUT2D eigenvalue weighted by Gasteiger charge is 2.35. The van der Waals surface area contributed by atoms with Crippen molar-refractivity contribution in [2.24, 2.45) is 5.92 Å². The van der Waals surface area contributed by atoms with Crippen LogP contribution in [0.15, 0.2) is 28.7 Å². The van der Waals surface area contributed by atoms with Crippen molar-refractivity contribution >= 4 is 11.6 Å². The Kier molecular flexibility index (Phi) is 3.71. The van der Waals surface area contributed by atoms with Crippen LogP contribution in [0.2, 0.25) is 5.02 Å². The Bertz CT molecular complexity index is 681. The number of halogens is 1. The zero-order valence-corrected chi connectivity index (χ0v) is 13.6. The molecule has 0 amide bonds. The lowest BCUT2D eigenvalue weighted by Crippen LogP contribution is -2.28. The average Bonchev–Trinajstić information content (AvgIpc) is 3.00. The molecule has 116 valence electrons. The fourth-order valence-electron chi connectivity index (χ4n) is 3.95. The van der Waals surface area contributed by atoms with Crippen LogP contribution < -0.4 is 0 Å². The molecule has 3 nitrogen and oxygen atoms in total. The second-order valence-electron chi connectivity index (χ2n) is 6.62. The summed E-state index contributed by atoms with van der Waals surface area (Å²) in [5.74, 6) is 2.45. The first-order valence-electron chi connectivity index (χ1n) is 8.16. The molecule has 1 aromatic heterocycles. The highest BCUT2D eigenvalue weighted by Crippen LogP contribution is 2.37. The predicted molar refractivity (Wildman–Crippen MR) is 87.8 cm³/mol. The summed E-state index contributed by atoms with van der Waals surface area (Å²) < 4.78 is 5.88. The number of aryl methyl sites for hydroxylation is 1. The zero-order valence-electron chi connectivity index (χ0n) is 12.9. The molecule has 2 atom stereocenters. The van der Waals surface area contributed by atoms with Gasteiger partial charge >= 0.3 is 0 Å². The number of fused-ring (bicyclic) bond motifs is 2. The maximum Gasteiger partial charge on any atom is 0.228 e. The van der Waals surface area contributed by atoms with E-state index in [0.29, 0.717) is 10.9 Å². The molecule has 2 bridgehead atoms. The number of oxazole rings is 1. The van der Waals surface area contributed by atoms with E-state index < -0.39 is 0 Å². The largest absolute Gasteiger partial charge is 0.441 e. The molecule has 0 N–H and O–H groups in total. The lowest BCUT2D eigenvalue weighted by atomic mass is 9.90. The van der Waals surface area contributed by atoms with Gasteiger partial charge in [0.15, 0.2) is 0 Å². The van der Waals surface area contributed by atoms with Crippen LogP contribution in [-0.2, 0) is 6.54 Å². The minimum absolute atomic E-state index is 0.639. The Hall–Kier alpha value is -1.32. The zero-order chi connectivity index (χ0) is 15.1. The molecule has 1 saturated heterocycles. The Balaban J connectivity index is 1.57. The number of benzene rings is 1. The molecule has 4 rings (SSSR count). The van der Waals surface area contributed by atoms with Gasteiger partial charge in [0, 0.05) is 19.1 Å². The Labute approximate surface area is 136 Å². The highest BCUT2D eigenvalue weighted by molar-refractivity contribution is 6.33. The first kappa shape index (κ1) is 14.3. The first-order valence-corrected chi connectivity index (χ1v) is 8.54. The van der Waals surface area contributed by atoms with E-state index in [9.17, 15) is 0 Å². The van der Waals surface area contributed by atoms with Crippen molar-refractivity contribution in [2.45, 2.75) is 45.2 Å². The summed E-state index contributed by atoms with van der Waals surface area (Å²) in [5, 5.41) is 0.687. The molecule has 2 aromatic rings. The molecule has 1 aliphatic heterocycles. The lowest BCUT2D eigenvalue weighted by molar-refractivity contribution is 0.233. The smallest absolute Gasteiger partial charge is 0.228 e. The van der Waals surface area contributed by atoms with Crippen molar-refractivity contribution in [3.05, 3.63) is 40.7 Å². The molecule has 0 unspecified atom stereocenters. The van der Waals surface area contributed by atoms with Crippen molar-refractivity contribution in [3.8, 4) is 11.5 Å². The monoisotopic (exact) mass is 316 g/mol. The van der Waals surface area contributed by atoms with E-state index in [-0.39, 0.29) is 0 Å². The van der Waals surface area contributed by atoms with Crippen molar-refractivity contribution in [1.29, 1.82) is 0 Å². The molecule has 2 fully saturated rings. The van der Waals surface area contributed by atoms with Crippen molar-refractivity contribution in [2.75, 3.05) is 6.54 Å². The summed E-state index contributed by atoms with van der Waals surface area (Å²) >= 11 is 6.25. The van der Waals surface area contributed by atoms with E-state index >= 15 is 0 Å². The predicted octanol–water partition coefficient (Wildman–Crippen LogP) is 4.68. The van der Waals surface area contributed by atoms with Crippen LogP contribution in [-0.4, -0.2) is 22.5 Å². The summed E-state index contributed by atoms with van der Waals surface area (Å²) in [6, 6.07) is 8.47. The number of aromatic nitrogens is 1. The van der Waals surface area contributed by atoms with Crippen molar-refractivity contribution in [1.82, 2.24) is 9.88 Å². The van der Waals surface area contributed by atoms with Crippen molar-refractivity contribution in [3.63, 3.8) is 0 Å². The molecule has 1 saturated carbocycles. The molecule has 4 heteroatoms. The lowest BCUT2D eigenvalue weighted by Gasteiger charge is -2.23. The third kappa shape index (κ3) is 2.57. The van der Waals surface area contributed by atoms with Crippen LogP contribution in [0.3, 0.4) is 0 Å². The summed E-state index contributed by atoms with van der Waals surface area (Å²) in [5.41, 5.74) is 1.93. The fourth-order valence-corrected chi connectivity index (χ4v) is 4.17. The van der Waals surface area contributed by atoms with Crippen molar-refractivity contribution < 1.29 is 4.42 Å². The Morgan fingerprint density at radius 2 is 2.18 bits per heavy atom. The van der Waals surface area contributed by atoms with Gasteiger partial charge in [-0.1, -0.05) is 30.2 Å². The maximum absolute atomic E-state index is 6.25. The van der Waals surface area contributed by atoms with Gasteiger partial charge in [0.2, 0.25) is 5.89 Å². The summed E-state index contributed by atoms with van der Waals surface area (Å²) in [7, 11) is 0. The van der Waals surface area contributed by atoms with Gasteiger partial charge in [-0.15, -0.1) is 0 Å². The first-order chi connectivity index (χ1) is 10.7. The second kappa shape index (κ2) is 5.71. The Morgan fingerprint density at radius 3 is 3.00 bits per heavy atom. The third-order valence-electron chi connectivity index (χ3n) is 5.11. The minimum Gasteiger partial charge on any atom is -0.441 e. The molecule has 2 heterocycles. The second-order valence-corrected chi connectivity index (χ2v) is 7.02. The van der Waals surface area contributed by atoms with Crippen LogP contribution in [0.25, 0.3) is 11.5 Å². The molecule has 0 radical (unpaired) electrons. The average molecular weight is 317 g/mol. The highest BCUT2D eigenvalue weighted by atomic mass is 35.5. The van der Waals surface area contributed by atoms with Crippen LogP contribution >= 0.6 is 11.6 Å². The van der Waals surface area contributed by atoms with Gasteiger partial charge in [0.25, 0.3) is 0 Å². The number of hydrogen-bond acceptors (Lipinski definition) is 3. The topological polar surface area (TPSA) is 29.3 Å². The molecule has 2 aliphatic rings. The summed E-state index contributed by atoms with van der Waals surface area (Å²) in [6.07, 6.45) is 5.49. The number of likely N-dealkylation sites (tertiary alicyclic amines) is 1. The van der Waals surface area contributed by atoms with Gasteiger partial charge in [-0.2, -0.15) is 0 Å². The van der Waals surface area contributed by atoms with E-state index in [2.05, 4.69) is 4.90 Å². The third-order valence-corrected chi connectivity index (χ3v) is 5.44. The molecular formula is C18H21ClN2O. The van der Waals surface area contributed by atoms with E-state index in [1.807, 2.05) is 31.2 Å². The normalized spacial score (nSPS) is 24.8. The number of hydrogen-bond donors (Lipinski definition) is 0. The standard InChI is InChI=1S/C18H21ClN2O/c1-12-17(11-21-10-13-5-4-6-14(21)9-13)20-18(22-12)15-7-2-3-8-16(15)19/h2-3,7-8,13-14H,4-6,9-11H2,1H3/t13-,14+/m1/s1. The van der Waals surface area contributed by atoms with Crippen LogP contribution in [0.5, 0.6) is 0 Å². The van der Waals surface area contributed by atoms with E-state index in [1.165, 1.54) is 32.2 Å². The number of rotatable bonds is 3. The quantitative estimate of drug-likeness (QED) is 0.823. The minimum atomic E-state index is 0.639. The molecular weight excluding hydrogens is 296 g/mol. The van der Waals surface area contributed by atoms with E-state index in [4.69, 9.17) is 21.0 Å². The van der Waals surface area contributed by atoms with Gasteiger partial charge in [0.1, 0.15) is 5.76 Å². The van der Waals surface area contributed by atoms with Gasteiger partial charge < -0.3 is 4.42 Å². The van der Waals surface area contributed by atoms with Gasteiger partial charge in [-0.05, 0) is 44.2 Å². The maximum atomic E-state index is 6.25. The molecule has 1 aliphatic carbocycles. The molecule has 1 aromatic carbocycles. The van der Waals surface area contributed by atoms with Crippen LogP contribution in [0, 0.1) is 12.8 Å². The summed E-state index contributed by atoms with van der Waals surface area (Å²) in [6.45, 7) is 4.13.